The maximum absolute atomic E-state index is 12.7. The molecule has 8 nitrogen and oxygen atoms in total. The summed E-state index contributed by atoms with van der Waals surface area (Å²) in [5.74, 6) is -2.87. The van der Waals surface area contributed by atoms with E-state index in [1.807, 2.05) is 19.9 Å². The zero-order chi connectivity index (χ0) is 24.8. The number of aromatic hydroxyl groups is 2. The predicted molar refractivity (Wildman–Crippen MR) is 122 cm³/mol. The van der Waals surface area contributed by atoms with Crippen molar-refractivity contribution in [3.8, 4) is 11.5 Å². The summed E-state index contributed by atoms with van der Waals surface area (Å²) in [6.45, 7) is 9.78. The molecule has 5 unspecified atom stereocenters. The highest BCUT2D eigenvalue weighted by Gasteiger charge is 2.61. The number of phenolic OH excluding ortho intramolecular Hbond substituents is 1. The van der Waals surface area contributed by atoms with Crippen LogP contribution in [-0.2, 0) is 9.59 Å². The van der Waals surface area contributed by atoms with Crippen LogP contribution in [0.25, 0.3) is 0 Å². The van der Waals surface area contributed by atoms with Gasteiger partial charge in [0.25, 0.3) is 0 Å². The molecule has 33 heavy (non-hydrogen) atoms. The topological polar surface area (TPSA) is 144 Å². The maximum Gasteiger partial charge on any atom is 0.339 e. The fraction of sp³-hybridized carbons (Fsp3) is 0.560. The van der Waals surface area contributed by atoms with E-state index in [2.05, 4.69) is 18.8 Å². The largest absolute Gasteiger partial charge is 0.506 e. The quantitative estimate of drug-likeness (QED) is 0.226. The van der Waals surface area contributed by atoms with Crippen LogP contribution in [0.1, 0.15) is 63.2 Å². The Kier molecular flexibility index (Phi) is 6.37. The third-order valence-electron chi connectivity index (χ3n) is 7.87. The number of allylic oxidation sites excluding steroid dienone is 1. The molecule has 1 amide bonds. The van der Waals surface area contributed by atoms with Gasteiger partial charge in [-0.1, -0.05) is 19.9 Å². The molecule has 2 bridgehead atoms. The van der Waals surface area contributed by atoms with Crippen molar-refractivity contribution in [1.29, 1.82) is 0 Å². The van der Waals surface area contributed by atoms with Gasteiger partial charge in [-0.05, 0) is 67.9 Å². The molecule has 0 heterocycles. The van der Waals surface area contributed by atoms with E-state index in [9.17, 15) is 29.7 Å². The molecule has 0 spiro atoms. The fourth-order valence-electron chi connectivity index (χ4n) is 6.67. The van der Waals surface area contributed by atoms with Crippen LogP contribution in [0.3, 0.4) is 0 Å². The highest BCUT2D eigenvalue weighted by atomic mass is 16.4. The van der Waals surface area contributed by atoms with Crippen LogP contribution in [0.15, 0.2) is 24.8 Å². The molecule has 6 atom stereocenters. The van der Waals surface area contributed by atoms with Gasteiger partial charge in [-0.15, -0.1) is 6.58 Å². The van der Waals surface area contributed by atoms with Crippen LogP contribution in [-0.4, -0.2) is 44.2 Å². The minimum atomic E-state index is -1.40. The van der Waals surface area contributed by atoms with Crippen molar-refractivity contribution in [2.75, 3.05) is 5.32 Å². The van der Waals surface area contributed by atoms with E-state index in [-0.39, 0.29) is 36.3 Å². The molecule has 1 aromatic carbocycles. The van der Waals surface area contributed by atoms with E-state index >= 15 is 0 Å². The Labute approximate surface area is 193 Å². The molecule has 2 fully saturated rings. The normalized spacial score (nSPS) is 32.5. The molecule has 8 heteroatoms. The highest BCUT2D eigenvalue weighted by molar-refractivity contribution is 5.99. The number of aliphatic hydroxyl groups is 1. The summed E-state index contributed by atoms with van der Waals surface area (Å²) in [5.41, 5.74) is -2.95. The Balaban J connectivity index is 1.81. The maximum atomic E-state index is 12.7. The SMILES string of the molecule is C=CC12CC(CC(C)(O)C1)C(C)C2[C@@](C)(C=O)CCC(=O)Nc1c(O)ccc(C(=O)O)c1O. The van der Waals surface area contributed by atoms with E-state index in [4.69, 9.17) is 5.11 Å². The molecular formula is C25H33NO7. The second kappa shape index (κ2) is 8.48. The van der Waals surface area contributed by atoms with Gasteiger partial charge in [0.2, 0.25) is 5.91 Å². The van der Waals surface area contributed by atoms with Crippen molar-refractivity contribution in [2.24, 2.45) is 28.6 Å². The van der Waals surface area contributed by atoms with Crippen molar-refractivity contribution in [1.82, 2.24) is 0 Å². The number of rotatable bonds is 8. The summed E-state index contributed by atoms with van der Waals surface area (Å²) in [5, 5.41) is 42.5. The number of carbonyl (C=O) groups is 3. The van der Waals surface area contributed by atoms with Crippen LogP contribution >= 0.6 is 0 Å². The Morgan fingerprint density at radius 1 is 1.30 bits per heavy atom. The summed E-state index contributed by atoms with van der Waals surface area (Å²) >= 11 is 0. The van der Waals surface area contributed by atoms with E-state index < -0.39 is 45.4 Å². The Hall–Kier alpha value is -2.87. The molecule has 1 aromatic rings. The lowest BCUT2D eigenvalue weighted by atomic mass is 9.58. The smallest absolute Gasteiger partial charge is 0.339 e. The highest BCUT2D eigenvalue weighted by Crippen LogP contribution is 2.65. The molecule has 180 valence electrons. The van der Waals surface area contributed by atoms with Gasteiger partial charge in [0.1, 0.15) is 23.3 Å². The first kappa shape index (κ1) is 24.8. The molecule has 0 aliphatic heterocycles. The molecule has 0 saturated heterocycles. The first-order chi connectivity index (χ1) is 15.3. The summed E-state index contributed by atoms with van der Waals surface area (Å²) < 4.78 is 0. The average molecular weight is 460 g/mol. The van der Waals surface area contributed by atoms with Crippen LogP contribution in [0.2, 0.25) is 0 Å². The number of carboxylic acid groups (broad SMARTS) is 1. The van der Waals surface area contributed by atoms with Gasteiger partial charge in [0, 0.05) is 11.8 Å². The van der Waals surface area contributed by atoms with Gasteiger partial charge in [-0.25, -0.2) is 4.79 Å². The zero-order valence-electron chi connectivity index (χ0n) is 19.3. The van der Waals surface area contributed by atoms with Crippen LogP contribution in [0, 0.1) is 28.6 Å². The third kappa shape index (κ3) is 4.36. The molecule has 0 radical (unpaired) electrons. The van der Waals surface area contributed by atoms with Gasteiger partial charge in [-0.3, -0.25) is 4.79 Å². The van der Waals surface area contributed by atoms with Gasteiger partial charge in [0.15, 0.2) is 5.75 Å². The number of carbonyl (C=O) groups excluding carboxylic acids is 2. The van der Waals surface area contributed by atoms with Crippen molar-refractivity contribution in [2.45, 2.75) is 58.5 Å². The first-order valence-corrected chi connectivity index (χ1v) is 11.2. The van der Waals surface area contributed by atoms with Crippen molar-refractivity contribution in [3.05, 3.63) is 30.4 Å². The Morgan fingerprint density at radius 2 is 1.97 bits per heavy atom. The lowest BCUT2D eigenvalue weighted by Gasteiger charge is -2.46. The first-order valence-electron chi connectivity index (χ1n) is 11.2. The lowest BCUT2D eigenvalue weighted by Crippen LogP contribution is -2.44. The van der Waals surface area contributed by atoms with E-state index in [0.29, 0.717) is 12.8 Å². The average Bonchev–Trinajstić information content (AvgIpc) is 2.95. The summed E-state index contributed by atoms with van der Waals surface area (Å²) in [7, 11) is 0. The number of hydrogen-bond acceptors (Lipinski definition) is 6. The number of hydrogen-bond donors (Lipinski definition) is 5. The lowest BCUT2D eigenvalue weighted by molar-refractivity contribution is -0.124. The number of aldehydes is 1. The Bertz CT molecular complexity index is 987. The number of fused-ring (bicyclic) bond motifs is 2. The van der Waals surface area contributed by atoms with E-state index in [1.54, 1.807) is 0 Å². The number of anilines is 1. The number of phenols is 2. The van der Waals surface area contributed by atoms with E-state index in [0.717, 1.165) is 24.8 Å². The second-order valence-corrected chi connectivity index (χ2v) is 10.4. The van der Waals surface area contributed by atoms with Crippen molar-refractivity contribution < 1.29 is 34.8 Å². The molecule has 3 rings (SSSR count). The number of nitrogens with one attached hydrogen (secondary N) is 1. The summed E-state index contributed by atoms with van der Waals surface area (Å²) in [6, 6.07) is 2.11. The zero-order valence-corrected chi connectivity index (χ0v) is 19.3. The van der Waals surface area contributed by atoms with Crippen LogP contribution in [0.5, 0.6) is 11.5 Å². The molecule has 2 aliphatic rings. The molecular weight excluding hydrogens is 426 g/mol. The minimum absolute atomic E-state index is 0.0804. The summed E-state index contributed by atoms with van der Waals surface area (Å²) in [4.78, 5) is 36.3. The third-order valence-corrected chi connectivity index (χ3v) is 7.87. The molecule has 0 aromatic heterocycles. The monoisotopic (exact) mass is 459 g/mol. The van der Waals surface area contributed by atoms with Crippen molar-refractivity contribution >= 4 is 23.9 Å². The predicted octanol–water partition coefficient (Wildman–Crippen LogP) is 3.71. The number of amides is 1. The number of carboxylic acids is 1. The van der Waals surface area contributed by atoms with Crippen LogP contribution in [0.4, 0.5) is 5.69 Å². The van der Waals surface area contributed by atoms with Gasteiger partial charge < -0.3 is 30.5 Å². The van der Waals surface area contributed by atoms with E-state index in [1.165, 1.54) is 0 Å². The number of benzene rings is 1. The fourth-order valence-corrected chi connectivity index (χ4v) is 6.67. The Morgan fingerprint density at radius 3 is 2.55 bits per heavy atom. The molecule has 2 aliphatic carbocycles. The van der Waals surface area contributed by atoms with Crippen LogP contribution < -0.4 is 5.32 Å². The van der Waals surface area contributed by atoms with Gasteiger partial charge in [0.05, 0.1) is 5.60 Å². The standard InChI is InChI=1S/C25H33NO7/c1-5-25-11-15(10-24(4,33)12-25)14(2)21(25)23(3,13-27)9-8-18(29)26-19-17(28)7-6-16(20(19)30)22(31)32/h5-7,13-15,21,28,30,33H,1,8-12H2,2-4H3,(H,26,29)(H,31,32)/t14?,15?,21?,23-,24?,25?/m1/s1. The minimum Gasteiger partial charge on any atom is -0.506 e. The molecule has 5 N–H and O–H groups in total. The second-order valence-electron chi connectivity index (χ2n) is 10.4. The summed E-state index contributed by atoms with van der Waals surface area (Å²) in [6.07, 6.45) is 4.91. The van der Waals surface area contributed by atoms with Gasteiger partial charge >= 0.3 is 5.97 Å². The number of aromatic carboxylic acids is 1. The van der Waals surface area contributed by atoms with Gasteiger partial charge in [-0.2, -0.15) is 0 Å². The molecule has 2 saturated carbocycles. The van der Waals surface area contributed by atoms with Crippen molar-refractivity contribution in [3.63, 3.8) is 0 Å².